The summed E-state index contributed by atoms with van der Waals surface area (Å²) >= 11 is 3.36. The molecule has 0 unspecified atom stereocenters. The molecule has 0 saturated heterocycles. The van der Waals surface area contributed by atoms with Crippen molar-refractivity contribution in [3.8, 4) is 16.9 Å². The maximum absolute atomic E-state index is 12.2. The van der Waals surface area contributed by atoms with Crippen LogP contribution in [-0.2, 0) is 0 Å². The fourth-order valence-corrected chi connectivity index (χ4v) is 2.78. The summed E-state index contributed by atoms with van der Waals surface area (Å²) in [6, 6.07) is 21.3. The maximum Gasteiger partial charge on any atom is 0.343 e. The van der Waals surface area contributed by atoms with Crippen LogP contribution in [0.15, 0.2) is 71.2 Å². The van der Waals surface area contributed by atoms with E-state index in [0.29, 0.717) is 11.3 Å². The van der Waals surface area contributed by atoms with Crippen LogP contribution in [0, 0.1) is 13.8 Å². The van der Waals surface area contributed by atoms with E-state index in [2.05, 4.69) is 41.1 Å². The summed E-state index contributed by atoms with van der Waals surface area (Å²) < 4.78 is 6.46. The highest BCUT2D eigenvalue weighted by Crippen LogP contribution is 2.27. The van der Waals surface area contributed by atoms with Crippen molar-refractivity contribution in [2.24, 2.45) is 0 Å². The van der Waals surface area contributed by atoms with Gasteiger partial charge in [-0.15, -0.1) is 0 Å². The van der Waals surface area contributed by atoms with Crippen LogP contribution in [0.25, 0.3) is 11.1 Å². The van der Waals surface area contributed by atoms with E-state index < -0.39 is 0 Å². The lowest BCUT2D eigenvalue weighted by atomic mass is 10.0. The Hall–Kier alpha value is -2.39. The Morgan fingerprint density at radius 1 is 0.875 bits per heavy atom. The summed E-state index contributed by atoms with van der Waals surface area (Å²) in [5.74, 6) is 0.230. The van der Waals surface area contributed by atoms with Gasteiger partial charge in [-0.3, -0.25) is 0 Å². The van der Waals surface area contributed by atoms with Crippen LogP contribution in [-0.4, -0.2) is 5.97 Å². The highest BCUT2D eigenvalue weighted by atomic mass is 79.9. The first-order valence-corrected chi connectivity index (χ1v) is 8.48. The number of esters is 1. The smallest absolute Gasteiger partial charge is 0.343 e. The number of halogens is 1. The molecular formula is C21H17BrO2. The van der Waals surface area contributed by atoms with Crippen LogP contribution in [0.4, 0.5) is 0 Å². The Bertz CT molecular complexity index is 883. The molecule has 0 N–H and O–H groups in total. The van der Waals surface area contributed by atoms with E-state index in [1.807, 2.05) is 43.3 Å². The number of hydrogen-bond acceptors (Lipinski definition) is 2. The van der Waals surface area contributed by atoms with Gasteiger partial charge >= 0.3 is 5.97 Å². The van der Waals surface area contributed by atoms with E-state index in [-0.39, 0.29) is 5.97 Å². The molecule has 0 aliphatic rings. The lowest BCUT2D eigenvalue weighted by Gasteiger charge is -2.10. The van der Waals surface area contributed by atoms with Crippen LogP contribution < -0.4 is 4.74 Å². The number of carbonyl (C=O) groups is 1. The van der Waals surface area contributed by atoms with Gasteiger partial charge in [0.15, 0.2) is 0 Å². The van der Waals surface area contributed by atoms with Gasteiger partial charge in [0.1, 0.15) is 5.75 Å². The molecule has 24 heavy (non-hydrogen) atoms. The molecule has 0 aromatic heterocycles. The number of benzene rings is 3. The van der Waals surface area contributed by atoms with Crippen LogP contribution in [0.5, 0.6) is 5.75 Å². The Morgan fingerprint density at radius 2 is 1.58 bits per heavy atom. The Morgan fingerprint density at radius 3 is 2.25 bits per heavy atom. The average molecular weight is 381 g/mol. The SMILES string of the molecule is Cc1cccc(-c2ccc(OC(=O)c3ccc(Br)cc3)c(C)c2)c1. The summed E-state index contributed by atoms with van der Waals surface area (Å²) in [6.07, 6.45) is 0. The second-order valence-electron chi connectivity index (χ2n) is 5.75. The van der Waals surface area contributed by atoms with Gasteiger partial charge in [0, 0.05) is 4.47 Å². The molecule has 2 nitrogen and oxygen atoms in total. The lowest BCUT2D eigenvalue weighted by molar-refractivity contribution is 0.0733. The van der Waals surface area contributed by atoms with E-state index in [4.69, 9.17) is 4.74 Å². The van der Waals surface area contributed by atoms with E-state index >= 15 is 0 Å². The zero-order chi connectivity index (χ0) is 17.1. The van der Waals surface area contributed by atoms with Crippen molar-refractivity contribution in [2.45, 2.75) is 13.8 Å². The van der Waals surface area contributed by atoms with Crippen molar-refractivity contribution < 1.29 is 9.53 Å². The molecule has 0 radical (unpaired) electrons. The zero-order valence-corrected chi connectivity index (χ0v) is 15.1. The molecule has 0 bridgehead atoms. The minimum absolute atomic E-state index is 0.353. The van der Waals surface area contributed by atoms with E-state index in [1.54, 1.807) is 12.1 Å². The normalized spacial score (nSPS) is 10.5. The molecular weight excluding hydrogens is 364 g/mol. The van der Waals surface area contributed by atoms with Gasteiger partial charge in [-0.05, 0) is 66.9 Å². The summed E-state index contributed by atoms with van der Waals surface area (Å²) in [5.41, 5.74) is 4.94. The largest absolute Gasteiger partial charge is 0.423 e. The van der Waals surface area contributed by atoms with Gasteiger partial charge in [-0.25, -0.2) is 4.79 Å². The van der Waals surface area contributed by atoms with Gasteiger partial charge in [0.05, 0.1) is 5.56 Å². The van der Waals surface area contributed by atoms with Crippen LogP contribution in [0.1, 0.15) is 21.5 Å². The maximum atomic E-state index is 12.2. The van der Waals surface area contributed by atoms with Crippen molar-refractivity contribution in [1.82, 2.24) is 0 Å². The number of hydrogen-bond donors (Lipinski definition) is 0. The van der Waals surface area contributed by atoms with Gasteiger partial charge in [0.2, 0.25) is 0 Å². The third-order valence-electron chi connectivity index (χ3n) is 3.81. The molecule has 0 fully saturated rings. The molecule has 0 amide bonds. The third kappa shape index (κ3) is 3.74. The highest BCUT2D eigenvalue weighted by molar-refractivity contribution is 9.10. The molecule has 0 atom stereocenters. The standard InChI is InChI=1S/C21H17BrO2/c1-14-4-3-5-17(12-14)18-8-11-20(15(2)13-18)24-21(23)16-6-9-19(22)10-7-16/h3-13H,1-2H3. The quantitative estimate of drug-likeness (QED) is 0.414. The lowest BCUT2D eigenvalue weighted by Crippen LogP contribution is -2.09. The molecule has 0 heterocycles. The van der Waals surface area contributed by atoms with Crippen molar-refractivity contribution in [3.63, 3.8) is 0 Å². The zero-order valence-electron chi connectivity index (χ0n) is 13.5. The predicted octanol–water partition coefficient (Wildman–Crippen LogP) is 5.95. The van der Waals surface area contributed by atoms with Crippen molar-refractivity contribution >= 4 is 21.9 Å². The average Bonchev–Trinajstić information content (AvgIpc) is 2.57. The number of ether oxygens (including phenoxy) is 1. The van der Waals surface area contributed by atoms with Crippen LogP contribution in [0.3, 0.4) is 0 Å². The van der Waals surface area contributed by atoms with Crippen molar-refractivity contribution in [1.29, 1.82) is 0 Å². The number of aryl methyl sites for hydroxylation is 2. The minimum atomic E-state index is -0.353. The summed E-state index contributed by atoms with van der Waals surface area (Å²) in [5, 5.41) is 0. The van der Waals surface area contributed by atoms with Crippen LogP contribution >= 0.6 is 15.9 Å². The second kappa shape index (κ2) is 7.02. The van der Waals surface area contributed by atoms with E-state index in [1.165, 1.54) is 5.56 Å². The monoisotopic (exact) mass is 380 g/mol. The molecule has 3 aromatic carbocycles. The highest BCUT2D eigenvalue weighted by Gasteiger charge is 2.11. The number of carbonyl (C=O) groups excluding carboxylic acids is 1. The first kappa shape index (κ1) is 16.5. The fourth-order valence-electron chi connectivity index (χ4n) is 2.51. The van der Waals surface area contributed by atoms with Crippen molar-refractivity contribution in [3.05, 3.63) is 87.9 Å². The minimum Gasteiger partial charge on any atom is -0.423 e. The third-order valence-corrected chi connectivity index (χ3v) is 4.34. The summed E-state index contributed by atoms with van der Waals surface area (Å²) in [6.45, 7) is 4.02. The number of rotatable bonds is 3. The Kier molecular flexibility index (Phi) is 4.81. The van der Waals surface area contributed by atoms with Gasteiger partial charge in [-0.1, -0.05) is 51.8 Å². The van der Waals surface area contributed by atoms with Gasteiger partial charge in [0.25, 0.3) is 0 Å². The molecule has 3 rings (SSSR count). The van der Waals surface area contributed by atoms with Crippen LogP contribution in [0.2, 0.25) is 0 Å². The molecule has 3 heteroatoms. The molecule has 0 aliphatic heterocycles. The van der Waals surface area contributed by atoms with Gasteiger partial charge in [-0.2, -0.15) is 0 Å². The molecule has 0 saturated carbocycles. The second-order valence-corrected chi connectivity index (χ2v) is 6.66. The first-order chi connectivity index (χ1) is 11.5. The predicted molar refractivity (Wildman–Crippen MR) is 100 cm³/mol. The van der Waals surface area contributed by atoms with Gasteiger partial charge < -0.3 is 4.74 Å². The van der Waals surface area contributed by atoms with Crippen molar-refractivity contribution in [2.75, 3.05) is 0 Å². The molecule has 0 aliphatic carbocycles. The molecule has 3 aromatic rings. The topological polar surface area (TPSA) is 26.3 Å². The Labute approximate surface area is 150 Å². The molecule has 0 spiro atoms. The Balaban J connectivity index is 1.82. The summed E-state index contributed by atoms with van der Waals surface area (Å²) in [7, 11) is 0. The first-order valence-electron chi connectivity index (χ1n) is 7.68. The van der Waals surface area contributed by atoms with E-state index in [0.717, 1.165) is 21.2 Å². The molecule has 120 valence electrons. The van der Waals surface area contributed by atoms with E-state index in [9.17, 15) is 4.79 Å². The fraction of sp³-hybridized carbons (Fsp3) is 0.0952. The summed E-state index contributed by atoms with van der Waals surface area (Å²) in [4.78, 5) is 12.2.